The molecule has 2 fully saturated rings. The number of alkyl halides is 2. The average Bonchev–Trinajstić information content (AvgIpc) is 3.77. The number of piperidine rings is 1. The summed E-state index contributed by atoms with van der Waals surface area (Å²) in [6.45, 7) is 0.390. The standard InChI is InChI=1S/C27H27ClF3N5O3/c1-35-21-9-18(29)20(33-19-10-22(32-11-17(19)28)36-6-4-14(12-37)5-7-36)8-16(21)23-24(26(35)38)39-13-27(30,31)25(34-23)15-2-3-15/h8-12,14-15,25,34H,2-7,13H2,1H3,(H,32,33)/t25-/m0/s1. The van der Waals surface area contributed by atoms with Crippen LogP contribution in [0.25, 0.3) is 10.9 Å². The van der Waals surface area contributed by atoms with Crippen LogP contribution in [-0.2, 0) is 11.8 Å². The van der Waals surface area contributed by atoms with Crippen LogP contribution in [0.3, 0.4) is 0 Å². The van der Waals surface area contributed by atoms with Gasteiger partial charge >= 0.3 is 5.92 Å². The van der Waals surface area contributed by atoms with E-state index in [1.165, 1.54) is 29.9 Å². The molecule has 1 atom stereocenters. The van der Waals surface area contributed by atoms with Crippen molar-refractivity contribution in [2.75, 3.05) is 35.2 Å². The molecular formula is C27H27ClF3N5O3. The molecule has 3 aromatic rings. The molecule has 39 heavy (non-hydrogen) atoms. The zero-order valence-corrected chi connectivity index (χ0v) is 21.9. The van der Waals surface area contributed by atoms with Crippen LogP contribution >= 0.6 is 11.6 Å². The van der Waals surface area contributed by atoms with Crippen LogP contribution in [0.15, 0.2) is 29.2 Å². The van der Waals surface area contributed by atoms with Gasteiger partial charge in [0.25, 0.3) is 5.56 Å². The average molecular weight is 562 g/mol. The maximum atomic E-state index is 15.4. The zero-order chi connectivity index (χ0) is 27.5. The van der Waals surface area contributed by atoms with Crippen LogP contribution in [0.5, 0.6) is 5.75 Å². The smallest absolute Gasteiger partial charge is 0.301 e. The molecule has 0 radical (unpaired) electrons. The number of nitrogens with zero attached hydrogens (tertiary/aromatic N) is 3. The minimum Gasteiger partial charge on any atom is -0.480 e. The summed E-state index contributed by atoms with van der Waals surface area (Å²) < 4.78 is 51.8. The number of ether oxygens (including phenoxy) is 1. The lowest BCUT2D eigenvalue weighted by Gasteiger charge is -2.31. The van der Waals surface area contributed by atoms with Gasteiger partial charge in [0.15, 0.2) is 6.61 Å². The lowest BCUT2D eigenvalue weighted by atomic mass is 9.99. The van der Waals surface area contributed by atoms with E-state index in [0.717, 1.165) is 19.1 Å². The van der Waals surface area contributed by atoms with Gasteiger partial charge in [-0.3, -0.25) is 4.79 Å². The second kappa shape index (κ2) is 9.62. The Labute approximate surface area is 227 Å². The normalized spacial score (nSPS) is 21.1. The number of aromatic nitrogens is 2. The van der Waals surface area contributed by atoms with Crippen molar-refractivity contribution in [2.24, 2.45) is 18.9 Å². The summed E-state index contributed by atoms with van der Waals surface area (Å²) in [4.78, 5) is 30.5. The molecule has 8 nitrogen and oxygen atoms in total. The highest BCUT2D eigenvalue weighted by Crippen LogP contribution is 2.46. The van der Waals surface area contributed by atoms with Crippen LogP contribution in [0, 0.1) is 17.7 Å². The summed E-state index contributed by atoms with van der Waals surface area (Å²) in [5.74, 6) is -3.63. The van der Waals surface area contributed by atoms with Crippen molar-refractivity contribution in [1.82, 2.24) is 9.55 Å². The van der Waals surface area contributed by atoms with Crippen molar-refractivity contribution in [1.29, 1.82) is 0 Å². The molecule has 1 saturated carbocycles. The summed E-state index contributed by atoms with van der Waals surface area (Å²) in [5.41, 5.74) is 0.183. The Morgan fingerprint density at radius 1 is 1.18 bits per heavy atom. The molecule has 0 amide bonds. The Kier molecular flexibility index (Phi) is 6.36. The van der Waals surface area contributed by atoms with Crippen LogP contribution in [0.1, 0.15) is 25.7 Å². The van der Waals surface area contributed by atoms with E-state index in [-0.39, 0.29) is 39.5 Å². The molecular weight excluding hydrogens is 535 g/mol. The third kappa shape index (κ3) is 4.66. The van der Waals surface area contributed by atoms with Gasteiger partial charge in [-0.05, 0) is 37.7 Å². The van der Waals surface area contributed by atoms with Gasteiger partial charge in [0.05, 0.1) is 39.8 Å². The number of hydrogen-bond acceptors (Lipinski definition) is 7. The molecule has 0 bridgehead atoms. The molecule has 6 rings (SSSR count). The van der Waals surface area contributed by atoms with Crippen molar-refractivity contribution >= 4 is 51.7 Å². The Bertz CT molecular complexity index is 1520. The number of nitrogens with one attached hydrogen (secondary N) is 2. The summed E-state index contributed by atoms with van der Waals surface area (Å²) in [7, 11) is 1.45. The first-order valence-corrected chi connectivity index (χ1v) is 13.3. The molecule has 1 aromatic carbocycles. The topological polar surface area (TPSA) is 88.5 Å². The number of hydrogen-bond donors (Lipinski definition) is 2. The fourth-order valence-corrected chi connectivity index (χ4v) is 5.57. The van der Waals surface area contributed by atoms with Gasteiger partial charge in [-0.2, -0.15) is 0 Å². The minimum absolute atomic E-state index is 0.0287. The number of fused-ring (bicyclic) bond motifs is 3. The van der Waals surface area contributed by atoms with Crippen molar-refractivity contribution in [2.45, 2.75) is 37.6 Å². The number of aldehydes is 1. The van der Waals surface area contributed by atoms with E-state index in [0.29, 0.717) is 42.8 Å². The number of benzene rings is 1. The zero-order valence-electron chi connectivity index (χ0n) is 21.1. The summed E-state index contributed by atoms with van der Waals surface area (Å²) in [5, 5.41) is 6.54. The van der Waals surface area contributed by atoms with Gasteiger partial charge in [-0.25, -0.2) is 18.2 Å². The number of rotatable bonds is 5. The van der Waals surface area contributed by atoms with E-state index in [9.17, 15) is 18.4 Å². The maximum absolute atomic E-state index is 15.4. The van der Waals surface area contributed by atoms with Crippen molar-refractivity contribution in [3.8, 4) is 5.75 Å². The largest absolute Gasteiger partial charge is 0.480 e. The third-order valence-electron chi connectivity index (χ3n) is 7.87. The molecule has 2 aromatic heterocycles. The lowest BCUT2D eigenvalue weighted by Crippen LogP contribution is -2.44. The molecule has 2 N–H and O–H groups in total. The van der Waals surface area contributed by atoms with E-state index < -0.39 is 29.9 Å². The Hall–Kier alpha value is -3.47. The fraction of sp³-hybridized carbons (Fsp3) is 0.444. The second-order valence-corrected chi connectivity index (χ2v) is 10.9. The van der Waals surface area contributed by atoms with Gasteiger partial charge in [-0.15, -0.1) is 0 Å². The van der Waals surface area contributed by atoms with Crippen molar-refractivity contribution in [3.63, 3.8) is 0 Å². The number of carbonyl (C=O) groups is 1. The summed E-state index contributed by atoms with van der Waals surface area (Å²) >= 11 is 6.40. The number of pyridine rings is 2. The van der Waals surface area contributed by atoms with E-state index in [1.807, 2.05) is 4.90 Å². The van der Waals surface area contributed by atoms with Gasteiger partial charge in [0.2, 0.25) is 5.75 Å². The maximum Gasteiger partial charge on any atom is 0.301 e. The van der Waals surface area contributed by atoms with Crippen molar-refractivity contribution in [3.05, 3.63) is 45.6 Å². The molecule has 0 spiro atoms. The van der Waals surface area contributed by atoms with E-state index in [2.05, 4.69) is 15.6 Å². The lowest BCUT2D eigenvalue weighted by molar-refractivity contribution is -0.111. The van der Waals surface area contributed by atoms with Gasteiger partial charge in [0, 0.05) is 43.6 Å². The fourth-order valence-electron chi connectivity index (χ4n) is 5.42. The van der Waals surface area contributed by atoms with Crippen LogP contribution in [0.4, 0.5) is 36.1 Å². The second-order valence-electron chi connectivity index (χ2n) is 10.5. The highest BCUT2D eigenvalue weighted by molar-refractivity contribution is 6.33. The first-order valence-electron chi connectivity index (χ1n) is 12.9. The molecule has 0 unspecified atom stereocenters. The third-order valence-corrected chi connectivity index (χ3v) is 8.17. The molecule has 1 aliphatic carbocycles. The first kappa shape index (κ1) is 25.8. The quantitative estimate of drug-likeness (QED) is 0.419. The molecule has 206 valence electrons. The monoisotopic (exact) mass is 561 g/mol. The van der Waals surface area contributed by atoms with E-state index >= 15 is 4.39 Å². The highest BCUT2D eigenvalue weighted by Gasteiger charge is 2.51. The SMILES string of the molecule is Cn1c(=O)c2c(c3cc(Nc4cc(N5CCC(C=O)CC5)ncc4Cl)c(F)cc31)N[C@@H](C1CC1)C(F)(F)CO2. The summed E-state index contributed by atoms with van der Waals surface area (Å²) in [6.07, 6.45) is 5.19. The summed E-state index contributed by atoms with van der Waals surface area (Å²) in [6, 6.07) is 3.17. The van der Waals surface area contributed by atoms with Crippen LogP contribution < -0.4 is 25.8 Å². The minimum atomic E-state index is -3.18. The Balaban J connectivity index is 1.39. The van der Waals surface area contributed by atoms with Gasteiger partial charge in [0.1, 0.15) is 17.9 Å². The van der Waals surface area contributed by atoms with Gasteiger partial charge < -0.3 is 29.6 Å². The number of carbonyl (C=O) groups excluding carboxylic acids is 1. The molecule has 3 aliphatic rings. The first-order chi connectivity index (χ1) is 18.7. The number of aryl methyl sites for hydroxylation is 1. The van der Waals surface area contributed by atoms with Crippen molar-refractivity contribution < 1.29 is 22.7 Å². The Morgan fingerprint density at radius 2 is 1.92 bits per heavy atom. The predicted octanol–water partition coefficient (Wildman–Crippen LogP) is 5.10. The number of anilines is 4. The highest BCUT2D eigenvalue weighted by atomic mass is 35.5. The predicted molar refractivity (Wildman–Crippen MR) is 143 cm³/mol. The van der Waals surface area contributed by atoms with Gasteiger partial charge in [-0.1, -0.05) is 11.6 Å². The van der Waals surface area contributed by atoms with Crippen LogP contribution in [-0.4, -0.2) is 47.5 Å². The molecule has 2 aliphatic heterocycles. The van der Waals surface area contributed by atoms with E-state index in [4.69, 9.17) is 16.3 Å². The molecule has 12 heteroatoms. The van der Waals surface area contributed by atoms with Crippen LogP contribution in [0.2, 0.25) is 5.02 Å². The molecule has 1 saturated heterocycles. The number of halogens is 4. The van der Waals surface area contributed by atoms with E-state index in [1.54, 1.807) is 6.07 Å². The Morgan fingerprint density at radius 3 is 2.62 bits per heavy atom. The molecule has 4 heterocycles.